The molecule has 1 amide bonds. The second-order valence-electron chi connectivity index (χ2n) is 8.33. The van der Waals surface area contributed by atoms with Crippen molar-refractivity contribution in [2.75, 3.05) is 31.1 Å². The SMILES string of the molecule is CC(C)Cc1ccc([C@@H](C)C(=O)N2CCN(c3ccc(C(F)(F)F)c[nH+]3)CC2)cc1. The van der Waals surface area contributed by atoms with Gasteiger partial charge in [0.25, 0.3) is 5.82 Å². The van der Waals surface area contributed by atoms with Crippen molar-refractivity contribution in [1.82, 2.24) is 4.90 Å². The second-order valence-corrected chi connectivity index (χ2v) is 8.33. The minimum atomic E-state index is -4.36. The van der Waals surface area contributed by atoms with Gasteiger partial charge in [-0.2, -0.15) is 13.2 Å². The van der Waals surface area contributed by atoms with Crippen molar-refractivity contribution in [3.8, 4) is 0 Å². The molecule has 162 valence electrons. The zero-order valence-corrected chi connectivity index (χ0v) is 17.7. The highest BCUT2D eigenvalue weighted by molar-refractivity contribution is 5.83. The Morgan fingerprint density at radius 3 is 2.13 bits per heavy atom. The number of aromatic nitrogens is 1. The van der Waals surface area contributed by atoms with Crippen LogP contribution in [0.1, 0.15) is 43.4 Å². The fourth-order valence-corrected chi connectivity index (χ4v) is 3.79. The summed E-state index contributed by atoms with van der Waals surface area (Å²) < 4.78 is 38.2. The molecule has 1 fully saturated rings. The van der Waals surface area contributed by atoms with Gasteiger partial charge in [-0.25, -0.2) is 4.98 Å². The van der Waals surface area contributed by atoms with Crippen LogP contribution in [0.25, 0.3) is 0 Å². The molecule has 3 rings (SSSR count). The largest absolute Gasteiger partial charge is 0.419 e. The van der Waals surface area contributed by atoms with Crippen molar-refractivity contribution in [3.63, 3.8) is 0 Å². The van der Waals surface area contributed by atoms with E-state index < -0.39 is 11.7 Å². The number of pyridine rings is 1. The molecule has 0 unspecified atom stereocenters. The van der Waals surface area contributed by atoms with Crippen LogP contribution < -0.4 is 9.88 Å². The minimum absolute atomic E-state index is 0.0858. The molecule has 1 aromatic heterocycles. The molecule has 2 aromatic rings. The average Bonchev–Trinajstić information content (AvgIpc) is 2.72. The van der Waals surface area contributed by atoms with Crippen LogP contribution in [0.3, 0.4) is 0 Å². The fraction of sp³-hybridized carbons (Fsp3) is 0.478. The molecule has 0 spiro atoms. The molecule has 1 aliphatic heterocycles. The summed E-state index contributed by atoms with van der Waals surface area (Å²) in [5.41, 5.74) is 1.58. The van der Waals surface area contributed by atoms with Crippen LogP contribution in [-0.2, 0) is 17.4 Å². The maximum atomic E-state index is 12.9. The van der Waals surface area contributed by atoms with Crippen LogP contribution >= 0.6 is 0 Å². The molecule has 7 heteroatoms. The fourth-order valence-electron chi connectivity index (χ4n) is 3.79. The predicted octanol–water partition coefficient (Wildman–Crippen LogP) is 4.17. The van der Waals surface area contributed by atoms with Crippen molar-refractivity contribution in [3.05, 3.63) is 59.3 Å². The lowest BCUT2D eigenvalue weighted by Crippen LogP contribution is -2.51. The van der Waals surface area contributed by atoms with Gasteiger partial charge in [-0.1, -0.05) is 38.1 Å². The van der Waals surface area contributed by atoms with E-state index in [1.807, 2.05) is 28.9 Å². The van der Waals surface area contributed by atoms with Gasteiger partial charge in [-0.05, 0) is 36.5 Å². The van der Waals surface area contributed by atoms with E-state index in [1.54, 1.807) is 0 Å². The van der Waals surface area contributed by atoms with E-state index >= 15 is 0 Å². The summed E-state index contributed by atoms with van der Waals surface area (Å²) in [7, 11) is 0. The van der Waals surface area contributed by atoms with Gasteiger partial charge in [-0.15, -0.1) is 0 Å². The first-order chi connectivity index (χ1) is 14.1. The Morgan fingerprint density at radius 2 is 1.63 bits per heavy atom. The summed E-state index contributed by atoms with van der Waals surface area (Å²) in [5, 5.41) is 0. The molecule has 1 N–H and O–H groups in total. The van der Waals surface area contributed by atoms with Crippen LogP contribution in [0.15, 0.2) is 42.6 Å². The number of piperazine rings is 1. The summed E-state index contributed by atoms with van der Waals surface area (Å²) in [6.45, 7) is 8.54. The number of amides is 1. The molecule has 1 aliphatic rings. The molecule has 0 bridgehead atoms. The van der Waals surface area contributed by atoms with Crippen molar-refractivity contribution >= 4 is 11.7 Å². The molecule has 1 saturated heterocycles. The van der Waals surface area contributed by atoms with E-state index in [0.29, 0.717) is 37.9 Å². The topological polar surface area (TPSA) is 37.7 Å². The minimum Gasteiger partial charge on any atom is -0.334 e. The maximum Gasteiger partial charge on any atom is 0.419 e. The number of nitrogens with one attached hydrogen (secondary N) is 1. The van der Waals surface area contributed by atoms with Crippen molar-refractivity contribution in [2.45, 2.75) is 39.3 Å². The quantitative estimate of drug-likeness (QED) is 0.728. The first kappa shape index (κ1) is 22.1. The number of anilines is 1. The lowest BCUT2D eigenvalue weighted by atomic mass is 9.95. The number of benzene rings is 1. The number of hydrogen-bond acceptors (Lipinski definition) is 2. The van der Waals surface area contributed by atoms with Crippen LogP contribution in [0.2, 0.25) is 0 Å². The van der Waals surface area contributed by atoms with Crippen LogP contribution in [-0.4, -0.2) is 37.0 Å². The summed E-state index contributed by atoms with van der Waals surface area (Å²) in [6.07, 6.45) is -2.35. The highest BCUT2D eigenvalue weighted by Gasteiger charge is 2.33. The van der Waals surface area contributed by atoms with Crippen molar-refractivity contribution in [2.24, 2.45) is 5.92 Å². The molecule has 2 heterocycles. The number of H-pyrrole nitrogens is 1. The number of nitrogens with zero attached hydrogens (tertiary/aromatic N) is 2. The number of rotatable bonds is 5. The third-order valence-electron chi connectivity index (χ3n) is 5.55. The van der Waals surface area contributed by atoms with Gasteiger partial charge in [-0.3, -0.25) is 9.69 Å². The molecule has 1 aromatic carbocycles. The Kier molecular flexibility index (Phi) is 6.68. The standard InChI is InChI=1S/C23H28F3N3O/c1-16(2)14-18-4-6-19(7-5-18)17(3)22(30)29-12-10-28(11-13-29)21-9-8-20(15-27-21)23(24,25)26/h4-9,15-17H,10-14H2,1-3H3/p+1/t17-/m1/s1. The van der Waals surface area contributed by atoms with Gasteiger partial charge in [0.2, 0.25) is 5.91 Å². The van der Waals surface area contributed by atoms with Crippen LogP contribution in [0, 0.1) is 5.92 Å². The molecular formula is C23H29F3N3O+. The van der Waals surface area contributed by atoms with Crippen molar-refractivity contribution in [1.29, 1.82) is 0 Å². The van der Waals surface area contributed by atoms with E-state index in [4.69, 9.17) is 0 Å². The zero-order chi connectivity index (χ0) is 21.9. The van der Waals surface area contributed by atoms with Gasteiger partial charge >= 0.3 is 6.18 Å². The van der Waals surface area contributed by atoms with Crippen molar-refractivity contribution < 1.29 is 22.9 Å². The highest BCUT2D eigenvalue weighted by Crippen LogP contribution is 2.28. The molecule has 0 radical (unpaired) electrons. The van der Waals surface area contributed by atoms with Gasteiger partial charge < -0.3 is 4.90 Å². The first-order valence-corrected chi connectivity index (χ1v) is 10.4. The molecule has 0 aliphatic carbocycles. The number of alkyl halides is 3. The molecular weight excluding hydrogens is 391 g/mol. The summed E-state index contributed by atoms with van der Waals surface area (Å²) in [6, 6.07) is 10.8. The van der Waals surface area contributed by atoms with Gasteiger partial charge in [0.15, 0.2) is 0 Å². The number of carbonyl (C=O) groups excluding carboxylic acids is 1. The van der Waals surface area contributed by atoms with Crippen LogP contribution in [0.5, 0.6) is 0 Å². The average molecular weight is 420 g/mol. The summed E-state index contributed by atoms with van der Waals surface area (Å²) >= 11 is 0. The number of halogens is 3. The summed E-state index contributed by atoms with van der Waals surface area (Å²) in [5.74, 6) is 1.09. The van der Waals surface area contributed by atoms with E-state index in [-0.39, 0.29) is 11.8 Å². The normalized spacial score (nSPS) is 16.1. The maximum absolute atomic E-state index is 12.9. The van der Waals surface area contributed by atoms with Crippen LogP contribution in [0.4, 0.5) is 19.0 Å². The molecule has 1 atom stereocenters. The third-order valence-corrected chi connectivity index (χ3v) is 5.55. The molecule has 0 saturated carbocycles. The Balaban J connectivity index is 1.57. The van der Waals surface area contributed by atoms with Gasteiger partial charge in [0.1, 0.15) is 19.3 Å². The highest BCUT2D eigenvalue weighted by atomic mass is 19.4. The zero-order valence-electron chi connectivity index (χ0n) is 17.7. The first-order valence-electron chi connectivity index (χ1n) is 10.4. The Bertz CT molecular complexity index is 839. The Hall–Kier alpha value is -2.57. The monoisotopic (exact) mass is 420 g/mol. The Labute approximate surface area is 175 Å². The lowest BCUT2D eigenvalue weighted by molar-refractivity contribution is -0.367. The predicted molar refractivity (Wildman–Crippen MR) is 110 cm³/mol. The van der Waals surface area contributed by atoms with Gasteiger partial charge in [0, 0.05) is 6.07 Å². The Morgan fingerprint density at radius 1 is 1.00 bits per heavy atom. The molecule has 30 heavy (non-hydrogen) atoms. The van der Waals surface area contributed by atoms with E-state index in [0.717, 1.165) is 24.2 Å². The van der Waals surface area contributed by atoms with E-state index in [9.17, 15) is 18.0 Å². The number of carbonyl (C=O) groups is 1. The van der Waals surface area contributed by atoms with E-state index in [2.05, 4.69) is 31.0 Å². The lowest BCUT2D eigenvalue weighted by Gasteiger charge is -2.32. The summed E-state index contributed by atoms with van der Waals surface area (Å²) in [4.78, 5) is 19.5. The van der Waals surface area contributed by atoms with E-state index in [1.165, 1.54) is 11.6 Å². The molecule has 4 nitrogen and oxygen atoms in total. The smallest absolute Gasteiger partial charge is 0.334 e. The second kappa shape index (κ2) is 9.06. The third kappa shape index (κ3) is 5.32. The van der Waals surface area contributed by atoms with Gasteiger partial charge in [0.05, 0.1) is 24.6 Å². The number of hydrogen-bond donors (Lipinski definition) is 0. The number of aromatic amines is 1.